The molecule has 1 aromatic carbocycles. The lowest BCUT2D eigenvalue weighted by molar-refractivity contribution is 0.498. The fraction of sp³-hybridized carbons (Fsp3) is 0.647. The average molecular weight is 277 g/mol. The summed E-state index contributed by atoms with van der Waals surface area (Å²) >= 11 is 2.08. The molecule has 2 unspecified atom stereocenters. The van der Waals surface area contributed by atoms with Crippen LogP contribution in [0.2, 0.25) is 0 Å². The summed E-state index contributed by atoms with van der Waals surface area (Å²) in [5.74, 6) is 0.618. The van der Waals surface area contributed by atoms with Gasteiger partial charge in [-0.3, -0.25) is 0 Å². The fourth-order valence-corrected chi connectivity index (χ4v) is 4.29. The number of hydrogen-bond acceptors (Lipinski definition) is 2. The van der Waals surface area contributed by atoms with Crippen LogP contribution < -0.4 is 5.32 Å². The van der Waals surface area contributed by atoms with Crippen LogP contribution in [0.3, 0.4) is 0 Å². The monoisotopic (exact) mass is 277 g/mol. The van der Waals surface area contributed by atoms with Crippen molar-refractivity contribution in [3.63, 3.8) is 0 Å². The molecule has 1 aliphatic rings. The van der Waals surface area contributed by atoms with Gasteiger partial charge in [0.25, 0.3) is 0 Å². The summed E-state index contributed by atoms with van der Waals surface area (Å²) in [5.41, 5.74) is 3.02. The largest absolute Gasteiger partial charge is 0.309 e. The first-order valence-corrected chi connectivity index (χ1v) is 8.59. The maximum absolute atomic E-state index is 3.77. The van der Waals surface area contributed by atoms with E-state index in [2.05, 4.69) is 63.0 Å². The van der Waals surface area contributed by atoms with Crippen LogP contribution >= 0.6 is 11.8 Å². The molecule has 0 saturated carbocycles. The number of nitrogens with one attached hydrogen (secondary N) is 1. The van der Waals surface area contributed by atoms with Gasteiger partial charge < -0.3 is 5.32 Å². The zero-order chi connectivity index (χ0) is 13.8. The minimum absolute atomic E-state index is 0.554. The molecule has 0 radical (unpaired) electrons. The zero-order valence-electron chi connectivity index (χ0n) is 12.7. The van der Waals surface area contributed by atoms with Gasteiger partial charge in [-0.05, 0) is 42.5 Å². The summed E-state index contributed by atoms with van der Waals surface area (Å²) in [4.78, 5) is 1.50. The van der Waals surface area contributed by atoms with E-state index in [1.807, 2.05) is 0 Å². The van der Waals surface area contributed by atoms with Gasteiger partial charge in [0.15, 0.2) is 0 Å². The highest BCUT2D eigenvalue weighted by molar-refractivity contribution is 8.00. The van der Waals surface area contributed by atoms with Crippen molar-refractivity contribution in [2.75, 3.05) is 6.54 Å². The first-order valence-electron chi connectivity index (χ1n) is 7.71. The summed E-state index contributed by atoms with van der Waals surface area (Å²) in [6.45, 7) is 10.2. The van der Waals surface area contributed by atoms with Crippen LogP contribution in [0.5, 0.6) is 0 Å². The molecule has 2 rings (SSSR count). The fourth-order valence-electron chi connectivity index (χ4n) is 2.76. The summed E-state index contributed by atoms with van der Waals surface area (Å²) in [6.07, 6.45) is 3.78. The summed E-state index contributed by atoms with van der Waals surface area (Å²) < 4.78 is 0. The molecule has 1 N–H and O–H groups in total. The highest BCUT2D eigenvalue weighted by atomic mass is 32.2. The Balaban J connectivity index is 2.25. The van der Waals surface area contributed by atoms with E-state index in [0.29, 0.717) is 17.2 Å². The number of benzene rings is 1. The molecule has 2 atom stereocenters. The van der Waals surface area contributed by atoms with E-state index >= 15 is 0 Å². The Labute approximate surface area is 122 Å². The van der Waals surface area contributed by atoms with Crippen LogP contribution in [0.1, 0.15) is 70.0 Å². The second-order valence-corrected chi connectivity index (χ2v) is 7.11. The SMILES string of the molecule is CCCNC1c2cc(C(C)C)ccc2SC1CCC. The molecule has 1 aromatic rings. The third-order valence-corrected chi connectivity index (χ3v) is 5.31. The molecule has 0 bridgehead atoms. The van der Waals surface area contributed by atoms with Crippen LogP contribution in [0, 0.1) is 0 Å². The van der Waals surface area contributed by atoms with E-state index in [0.717, 1.165) is 6.54 Å². The number of rotatable bonds is 6. The first kappa shape index (κ1) is 14.9. The molecule has 0 fully saturated rings. The summed E-state index contributed by atoms with van der Waals surface area (Å²) in [5, 5.41) is 4.48. The van der Waals surface area contributed by atoms with Crippen molar-refractivity contribution < 1.29 is 0 Å². The second-order valence-electron chi connectivity index (χ2n) is 5.83. The number of fused-ring (bicyclic) bond motifs is 1. The summed E-state index contributed by atoms with van der Waals surface area (Å²) in [6, 6.07) is 7.64. The van der Waals surface area contributed by atoms with Crippen LogP contribution in [0.4, 0.5) is 0 Å². The van der Waals surface area contributed by atoms with Gasteiger partial charge in [0.05, 0.1) is 0 Å². The van der Waals surface area contributed by atoms with Crippen molar-refractivity contribution in [2.45, 2.75) is 69.1 Å². The third-order valence-electron chi connectivity index (χ3n) is 3.87. The minimum atomic E-state index is 0.554. The average Bonchev–Trinajstić information content (AvgIpc) is 2.73. The maximum atomic E-state index is 3.77. The molecule has 0 aliphatic carbocycles. The van der Waals surface area contributed by atoms with Gasteiger partial charge in [0.1, 0.15) is 0 Å². The van der Waals surface area contributed by atoms with Gasteiger partial charge >= 0.3 is 0 Å². The molecule has 0 spiro atoms. The van der Waals surface area contributed by atoms with Crippen molar-refractivity contribution in [1.82, 2.24) is 5.32 Å². The first-order chi connectivity index (χ1) is 9.17. The summed E-state index contributed by atoms with van der Waals surface area (Å²) in [7, 11) is 0. The van der Waals surface area contributed by atoms with E-state index in [1.165, 1.54) is 29.7 Å². The van der Waals surface area contributed by atoms with Gasteiger partial charge in [0, 0.05) is 16.2 Å². The third kappa shape index (κ3) is 3.35. The van der Waals surface area contributed by atoms with Crippen molar-refractivity contribution in [3.8, 4) is 0 Å². The van der Waals surface area contributed by atoms with E-state index < -0.39 is 0 Å². The zero-order valence-corrected chi connectivity index (χ0v) is 13.5. The molecule has 0 aromatic heterocycles. The Morgan fingerprint density at radius 1 is 1.21 bits per heavy atom. The van der Waals surface area contributed by atoms with Crippen molar-refractivity contribution in [2.24, 2.45) is 0 Å². The molecule has 106 valence electrons. The molecule has 1 nitrogen and oxygen atoms in total. The predicted molar refractivity (Wildman–Crippen MR) is 86.1 cm³/mol. The quantitative estimate of drug-likeness (QED) is 0.774. The van der Waals surface area contributed by atoms with Crippen molar-refractivity contribution >= 4 is 11.8 Å². The highest BCUT2D eigenvalue weighted by Gasteiger charge is 2.32. The molecule has 2 heteroatoms. The van der Waals surface area contributed by atoms with E-state index in [9.17, 15) is 0 Å². The molecule has 0 saturated heterocycles. The van der Waals surface area contributed by atoms with Gasteiger partial charge in [-0.2, -0.15) is 0 Å². The highest BCUT2D eigenvalue weighted by Crippen LogP contribution is 2.46. The van der Waals surface area contributed by atoms with Gasteiger partial charge in [-0.15, -0.1) is 11.8 Å². The lowest BCUT2D eigenvalue weighted by Gasteiger charge is -2.21. The second kappa shape index (κ2) is 6.81. The lowest BCUT2D eigenvalue weighted by atomic mass is 9.95. The normalized spacial score (nSPS) is 21.9. The molecular formula is C17H27NS. The van der Waals surface area contributed by atoms with Crippen LogP contribution in [0.15, 0.2) is 23.1 Å². The van der Waals surface area contributed by atoms with Crippen LogP contribution in [-0.2, 0) is 0 Å². The van der Waals surface area contributed by atoms with E-state index in [4.69, 9.17) is 0 Å². The van der Waals surface area contributed by atoms with E-state index in [1.54, 1.807) is 5.56 Å². The Kier molecular flexibility index (Phi) is 5.35. The maximum Gasteiger partial charge on any atom is 0.0455 e. The van der Waals surface area contributed by atoms with Gasteiger partial charge in [0.2, 0.25) is 0 Å². The molecule has 1 aliphatic heterocycles. The number of hydrogen-bond donors (Lipinski definition) is 1. The molecule has 0 amide bonds. The van der Waals surface area contributed by atoms with Crippen molar-refractivity contribution in [1.29, 1.82) is 0 Å². The van der Waals surface area contributed by atoms with Gasteiger partial charge in [-0.1, -0.05) is 46.2 Å². The Hall–Kier alpha value is -0.470. The lowest BCUT2D eigenvalue weighted by Crippen LogP contribution is -2.27. The molecule has 1 heterocycles. The number of thioether (sulfide) groups is 1. The van der Waals surface area contributed by atoms with Gasteiger partial charge in [-0.25, -0.2) is 0 Å². The minimum Gasteiger partial charge on any atom is -0.309 e. The molecular weight excluding hydrogens is 250 g/mol. The topological polar surface area (TPSA) is 12.0 Å². The molecule has 19 heavy (non-hydrogen) atoms. The Morgan fingerprint density at radius 3 is 2.63 bits per heavy atom. The smallest absolute Gasteiger partial charge is 0.0455 e. The predicted octanol–water partition coefficient (Wildman–Crippen LogP) is 5.13. The van der Waals surface area contributed by atoms with Crippen LogP contribution in [0.25, 0.3) is 0 Å². The Morgan fingerprint density at radius 2 is 2.00 bits per heavy atom. The van der Waals surface area contributed by atoms with Crippen LogP contribution in [-0.4, -0.2) is 11.8 Å². The Bertz CT molecular complexity index is 414. The van der Waals surface area contributed by atoms with Crippen molar-refractivity contribution in [3.05, 3.63) is 29.3 Å². The van der Waals surface area contributed by atoms with E-state index in [-0.39, 0.29) is 0 Å². The standard InChI is InChI=1S/C17H27NS/c1-5-7-16-17(18-10-6-2)14-11-13(12(3)4)8-9-15(14)19-16/h8-9,11-12,16-18H,5-7,10H2,1-4H3.